The second-order valence-corrected chi connectivity index (χ2v) is 4.16. The molecule has 2 rings (SSSR count). The number of pyridine rings is 1. The van der Waals surface area contributed by atoms with Crippen LogP contribution in [0.3, 0.4) is 0 Å². The van der Waals surface area contributed by atoms with Crippen LogP contribution in [0.4, 0.5) is 5.69 Å². The van der Waals surface area contributed by atoms with Gasteiger partial charge < -0.3 is 5.73 Å². The molecule has 4 heteroatoms. The number of anilines is 1. The summed E-state index contributed by atoms with van der Waals surface area (Å²) in [6.07, 6.45) is 2.40. The van der Waals surface area contributed by atoms with Crippen molar-refractivity contribution in [3.05, 3.63) is 46.6 Å². The van der Waals surface area contributed by atoms with Gasteiger partial charge in [-0.05, 0) is 36.8 Å². The van der Waals surface area contributed by atoms with Crippen LogP contribution in [0.5, 0.6) is 0 Å². The van der Waals surface area contributed by atoms with Gasteiger partial charge in [-0.2, -0.15) is 0 Å². The lowest BCUT2D eigenvalue weighted by atomic mass is 10.0. The second-order valence-electron chi connectivity index (χ2n) is 3.72. The molecule has 0 amide bonds. The van der Waals surface area contributed by atoms with Crippen molar-refractivity contribution < 1.29 is 4.79 Å². The highest BCUT2D eigenvalue weighted by atomic mass is 35.5. The largest absolute Gasteiger partial charge is 0.398 e. The summed E-state index contributed by atoms with van der Waals surface area (Å²) in [6, 6.07) is 6.87. The maximum absolute atomic E-state index is 10.9. The molecule has 86 valence electrons. The lowest BCUT2D eigenvalue weighted by molar-refractivity contribution is 0.112. The number of benzene rings is 1. The summed E-state index contributed by atoms with van der Waals surface area (Å²) in [6.45, 7) is 1.84. The molecule has 1 heterocycles. The number of nitrogens with two attached hydrogens (primary N) is 1. The third kappa shape index (κ3) is 2.15. The number of hydrogen-bond acceptors (Lipinski definition) is 3. The topological polar surface area (TPSA) is 56.0 Å². The number of carbonyl (C=O) groups excluding carboxylic acids is 1. The van der Waals surface area contributed by atoms with Crippen LogP contribution in [-0.2, 0) is 0 Å². The van der Waals surface area contributed by atoms with Crippen molar-refractivity contribution in [3.63, 3.8) is 0 Å². The van der Waals surface area contributed by atoms with Crippen molar-refractivity contribution in [2.45, 2.75) is 6.92 Å². The van der Waals surface area contributed by atoms with Crippen LogP contribution in [0, 0.1) is 6.92 Å². The van der Waals surface area contributed by atoms with Crippen LogP contribution in [0.15, 0.2) is 30.5 Å². The van der Waals surface area contributed by atoms with Crippen molar-refractivity contribution in [1.29, 1.82) is 0 Å². The van der Waals surface area contributed by atoms with Gasteiger partial charge in [0.1, 0.15) is 6.29 Å². The molecule has 0 fully saturated rings. The van der Waals surface area contributed by atoms with E-state index in [-0.39, 0.29) is 0 Å². The average molecular weight is 247 g/mol. The molecule has 17 heavy (non-hydrogen) atoms. The van der Waals surface area contributed by atoms with Crippen LogP contribution < -0.4 is 5.73 Å². The highest BCUT2D eigenvalue weighted by molar-refractivity contribution is 6.31. The van der Waals surface area contributed by atoms with Crippen LogP contribution in [0.1, 0.15) is 15.9 Å². The third-order valence-electron chi connectivity index (χ3n) is 2.64. The van der Waals surface area contributed by atoms with Gasteiger partial charge in [-0.25, -0.2) is 0 Å². The molecular weight excluding hydrogens is 236 g/mol. The molecule has 2 aromatic rings. The normalized spacial score (nSPS) is 10.2. The van der Waals surface area contributed by atoms with E-state index in [1.807, 2.05) is 6.92 Å². The quantitative estimate of drug-likeness (QED) is 0.654. The maximum Gasteiger partial charge on any atom is 0.150 e. The average Bonchev–Trinajstić information content (AvgIpc) is 2.33. The van der Waals surface area contributed by atoms with Gasteiger partial charge in [-0.1, -0.05) is 11.6 Å². The molecule has 0 aliphatic rings. The Morgan fingerprint density at radius 3 is 2.82 bits per heavy atom. The van der Waals surface area contributed by atoms with E-state index in [0.29, 0.717) is 22.0 Å². The van der Waals surface area contributed by atoms with Gasteiger partial charge in [0.25, 0.3) is 0 Å². The smallest absolute Gasteiger partial charge is 0.150 e. The van der Waals surface area contributed by atoms with Crippen LogP contribution in [0.2, 0.25) is 5.02 Å². The molecule has 1 aromatic heterocycles. The van der Waals surface area contributed by atoms with Crippen molar-refractivity contribution in [2.24, 2.45) is 0 Å². The second kappa shape index (κ2) is 4.55. The molecule has 0 spiro atoms. The molecule has 0 saturated heterocycles. The molecule has 0 saturated carbocycles. The predicted octanol–water partition coefficient (Wildman–Crippen LogP) is 3.11. The Hall–Kier alpha value is -1.87. The summed E-state index contributed by atoms with van der Waals surface area (Å²) in [5.41, 5.74) is 9.33. The molecule has 0 aliphatic carbocycles. The SMILES string of the molecule is Cc1c(C=O)ccnc1-c1cc(Cl)ccc1N. The zero-order chi connectivity index (χ0) is 12.4. The number of nitrogens with zero attached hydrogens (tertiary/aromatic N) is 1. The minimum Gasteiger partial charge on any atom is -0.398 e. The van der Waals surface area contributed by atoms with Gasteiger partial charge in [-0.3, -0.25) is 9.78 Å². The molecule has 0 radical (unpaired) electrons. The van der Waals surface area contributed by atoms with E-state index in [1.165, 1.54) is 0 Å². The monoisotopic (exact) mass is 246 g/mol. The van der Waals surface area contributed by atoms with Crippen molar-refractivity contribution >= 4 is 23.6 Å². The molecule has 0 atom stereocenters. The zero-order valence-corrected chi connectivity index (χ0v) is 10.0. The minimum atomic E-state index is 0.590. The fraction of sp³-hybridized carbons (Fsp3) is 0.0769. The Balaban J connectivity index is 2.68. The highest BCUT2D eigenvalue weighted by Gasteiger charge is 2.10. The number of hydrogen-bond donors (Lipinski definition) is 1. The Kier molecular flexibility index (Phi) is 3.11. The zero-order valence-electron chi connectivity index (χ0n) is 9.27. The molecule has 2 N–H and O–H groups in total. The number of halogens is 1. The Morgan fingerprint density at radius 1 is 1.35 bits per heavy atom. The Morgan fingerprint density at radius 2 is 2.12 bits per heavy atom. The molecule has 0 bridgehead atoms. The maximum atomic E-state index is 10.9. The number of rotatable bonds is 2. The van der Waals surface area contributed by atoms with E-state index >= 15 is 0 Å². The summed E-state index contributed by atoms with van der Waals surface area (Å²) < 4.78 is 0. The van der Waals surface area contributed by atoms with Gasteiger partial charge in [0.15, 0.2) is 0 Å². The first-order valence-electron chi connectivity index (χ1n) is 5.09. The van der Waals surface area contributed by atoms with Crippen LogP contribution >= 0.6 is 11.6 Å². The van der Waals surface area contributed by atoms with Gasteiger partial charge in [0, 0.05) is 28.0 Å². The van der Waals surface area contributed by atoms with Crippen molar-refractivity contribution in [1.82, 2.24) is 4.98 Å². The summed E-state index contributed by atoms with van der Waals surface area (Å²) >= 11 is 5.94. The number of aromatic nitrogens is 1. The van der Waals surface area contributed by atoms with Crippen molar-refractivity contribution in [2.75, 3.05) is 5.73 Å². The number of aldehydes is 1. The lowest BCUT2D eigenvalue weighted by Crippen LogP contribution is -1.97. The molecule has 0 aliphatic heterocycles. The van der Waals surface area contributed by atoms with E-state index in [1.54, 1.807) is 30.5 Å². The fourth-order valence-corrected chi connectivity index (χ4v) is 1.86. The van der Waals surface area contributed by atoms with Gasteiger partial charge >= 0.3 is 0 Å². The summed E-state index contributed by atoms with van der Waals surface area (Å²) in [4.78, 5) is 15.1. The molecule has 1 aromatic carbocycles. The molecule has 3 nitrogen and oxygen atoms in total. The highest BCUT2D eigenvalue weighted by Crippen LogP contribution is 2.30. The van der Waals surface area contributed by atoms with E-state index < -0.39 is 0 Å². The third-order valence-corrected chi connectivity index (χ3v) is 2.88. The Bertz CT molecular complexity index is 582. The minimum absolute atomic E-state index is 0.590. The first-order chi connectivity index (χ1) is 8.13. The summed E-state index contributed by atoms with van der Waals surface area (Å²) in [7, 11) is 0. The fourth-order valence-electron chi connectivity index (χ4n) is 1.68. The first-order valence-corrected chi connectivity index (χ1v) is 5.47. The Labute approximate surface area is 104 Å². The number of carbonyl (C=O) groups is 1. The summed E-state index contributed by atoms with van der Waals surface area (Å²) in [5, 5.41) is 0.590. The van der Waals surface area contributed by atoms with E-state index in [2.05, 4.69) is 4.98 Å². The standard InChI is InChI=1S/C13H11ClN2O/c1-8-9(7-17)4-5-16-13(8)11-6-10(14)2-3-12(11)15/h2-7H,15H2,1H3. The predicted molar refractivity (Wildman–Crippen MR) is 69.2 cm³/mol. The lowest BCUT2D eigenvalue weighted by Gasteiger charge is -2.09. The summed E-state index contributed by atoms with van der Waals surface area (Å²) in [5.74, 6) is 0. The van der Waals surface area contributed by atoms with Gasteiger partial charge in [0.2, 0.25) is 0 Å². The van der Waals surface area contributed by atoms with Gasteiger partial charge in [0.05, 0.1) is 5.69 Å². The molecular formula is C13H11ClN2O. The number of nitrogen functional groups attached to an aromatic ring is 1. The van der Waals surface area contributed by atoms with Crippen molar-refractivity contribution in [3.8, 4) is 11.3 Å². The van der Waals surface area contributed by atoms with Crippen LogP contribution in [-0.4, -0.2) is 11.3 Å². The molecule has 0 unspecified atom stereocenters. The first kappa shape index (κ1) is 11.6. The van der Waals surface area contributed by atoms with Crippen LogP contribution in [0.25, 0.3) is 11.3 Å². The van der Waals surface area contributed by atoms with E-state index in [9.17, 15) is 4.79 Å². The van der Waals surface area contributed by atoms with E-state index in [4.69, 9.17) is 17.3 Å². The van der Waals surface area contributed by atoms with Gasteiger partial charge in [-0.15, -0.1) is 0 Å². The van der Waals surface area contributed by atoms with E-state index in [0.717, 1.165) is 17.4 Å².